The van der Waals surface area contributed by atoms with Gasteiger partial charge in [0, 0.05) is 35.5 Å². The Kier molecular flexibility index (Phi) is 4.38. The molecule has 2 aromatic rings. The van der Waals surface area contributed by atoms with Gasteiger partial charge in [0.1, 0.15) is 0 Å². The van der Waals surface area contributed by atoms with Crippen LogP contribution in [0.25, 0.3) is 0 Å². The van der Waals surface area contributed by atoms with E-state index in [-0.39, 0.29) is 11.9 Å². The van der Waals surface area contributed by atoms with Gasteiger partial charge in [-0.15, -0.1) is 0 Å². The zero-order chi connectivity index (χ0) is 15.7. The minimum atomic E-state index is -0.595. The third-order valence-corrected chi connectivity index (χ3v) is 4.48. The van der Waals surface area contributed by atoms with Crippen molar-refractivity contribution in [2.45, 2.75) is 18.5 Å². The largest absolute Gasteiger partial charge is 0.337 e. The molecule has 2 N–H and O–H groups in total. The Morgan fingerprint density at radius 3 is 2.82 bits per heavy atom. The van der Waals surface area contributed by atoms with Crippen molar-refractivity contribution in [2.75, 3.05) is 13.1 Å². The number of likely N-dealkylation sites (tertiary alicyclic amines) is 1. The second-order valence-corrected chi connectivity index (χ2v) is 6.30. The molecule has 1 atom stereocenters. The topological polar surface area (TPSA) is 64.2 Å². The first-order chi connectivity index (χ1) is 10.5. The quantitative estimate of drug-likeness (QED) is 0.928. The van der Waals surface area contributed by atoms with Gasteiger partial charge < -0.3 is 15.2 Å². The van der Waals surface area contributed by atoms with E-state index < -0.39 is 6.04 Å². The van der Waals surface area contributed by atoms with E-state index in [4.69, 9.17) is 28.9 Å². The molecule has 5 nitrogen and oxygen atoms in total. The van der Waals surface area contributed by atoms with Crippen molar-refractivity contribution in [3.05, 3.63) is 52.5 Å². The van der Waals surface area contributed by atoms with Crippen molar-refractivity contribution in [1.82, 2.24) is 14.5 Å². The third-order valence-electron chi connectivity index (χ3n) is 3.89. The highest BCUT2D eigenvalue weighted by atomic mass is 35.5. The second-order valence-electron chi connectivity index (χ2n) is 5.45. The normalized spacial score (nSPS) is 16.4. The summed E-state index contributed by atoms with van der Waals surface area (Å²) >= 11 is 12.0. The SMILES string of the molecule is N[C@H](Cc1ccc(Cl)cc1Cl)C(=O)N1CC(n2ccnc2)C1. The summed E-state index contributed by atoms with van der Waals surface area (Å²) in [7, 11) is 0. The van der Waals surface area contributed by atoms with Crippen molar-refractivity contribution < 1.29 is 4.79 Å². The molecule has 0 aliphatic carbocycles. The molecule has 116 valence electrons. The van der Waals surface area contributed by atoms with Gasteiger partial charge in [0.25, 0.3) is 0 Å². The molecule has 1 aromatic carbocycles. The molecular weight excluding hydrogens is 323 g/mol. The monoisotopic (exact) mass is 338 g/mol. The van der Waals surface area contributed by atoms with Crippen LogP contribution in [-0.4, -0.2) is 39.5 Å². The van der Waals surface area contributed by atoms with Crippen LogP contribution in [0.2, 0.25) is 10.0 Å². The Morgan fingerprint density at radius 1 is 1.41 bits per heavy atom. The van der Waals surface area contributed by atoms with Gasteiger partial charge in [-0.25, -0.2) is 4.98 Å². The van der Waals surface area contributed by atoms with Crippen molar-refractivity contribution in [2.24, 2.45) is 5.73 Å². The number of nitrogens with zero attached hydrogens (tertiary/aromatic N) is 3. The zero-order valence-electron chi connectivity index (χ0n) is 11.8. The number of benzene rings is 1. The Labute approximate surface area is 138 Å². The van der Waals surface area contributed by atoms with E-state index in [1.165, 1.54) is 0 Å². The molecular formula is C15H16Cl2N4O. The lowest BCUT2D eigenvalue weighted by molar-refractivity contribution is -0.138. The summed E-state index contributed by atoms with van der Waals surface area (Å²) in [6.07, 6.45) is 5.81. The molecule has 0 unspecified atom stereocenters. The number of hydrogen-bond acceptors (Lipinski definition) is 3. The average molecular weight is 339 g/mol. The highest BCUT2D eigenvalue weighted by Crippen LogP contribution is 2.24. The summed E-state index contributed by atoms with van der Waals surface area (Å²) in [4.78, 5) is 18.1. The molecule has 1 amide bonds. The van der Waals surface area contributed by atoms with E-state index in [0.29, 0.717) is 29.6 Å². The number of amides is 1. The fourth-order valence-corrected chi connectivity index (χ4v) is 3.04. The number of aromatic nitrogens is 2. The van der Waals surface area contributed by atoms with Gasteiger partial charge in [-0.2, -0.15) is 0 Å². The molecule has 0 spiro atoms. The number of rotatable bonds is 4. The van der Waals surface area contributed by atoms with Gasteiger partial charge in [-0.05, 0) is 24.1 Å². The molecule has 0 bridgehead atoms. The third kappa shape index (κ3) is 3.11. The first-order valence-corrected chi connectivity index (χ1v) is 7.76. The van der Waals surface area contributed by atoms with E-state index in [1.807, 2.05) is 16.8 Å². The van der Waals surface area contributed by atoms with E-state index in [2.05, 4.69) is 4.98 Å². The van der Waals surface area contributed by atoms with Crippen LogP contribution in [0, 0.1) is 0 Å². The standard InChI is InChI=1S/C15H16Cl2N4O/c16-11-2-1-10(13(17)6-11)5-14(18)15(22)21-7-12(8-21)20-4-3-19-9-20/h1-4,6,9,12,14H,5,7-8,18H2/t14-/m1/s1. The lowest BCUT2D eigenvalue weighted by Gasteiger charge is -2.41. The average Bonchev–Trinajstić information content (AvgIpc) is 2.94. The number of carbonyl (C=O) groups is 1. The fourth-order valence-electron chi connectivity index (χ4n) is 2.56. The smallest absolute Gasteiger partial charge is 0.239 e. The van der Waals surface area contributed by atoms with Gasteiger partial charge in [0.05, 0.1) is 18.4 Å². The number of imidazole rings is 1. The lowest BCUT2D eigenvalue weighted by Crippen LogP contribution is -2.56. The van der Waals surface area contributed by atoms with Gasteiger partial charge in [0.2, 0.25) is 5.91 Å². The van der Waals surface area contributed by atoms with Crippen LogP contribution in [0.1, 0.15) is 11.6 Å². The van der Waals surface area contributed by atoms with Crippen LogP contribution in [-0.2, 0) is 11.2 Å². The summed E-state index contributed by atoms with van der Waals surface area (Å²) in [6, 6.07) is 4.91. The Bertz CT molecular complexity index is 668. The predicted molar refractivity (Wildman–Crippen MR) is 86.0 cm³/mol. The van der Waals surface area contributed by atoms with Crippen LogP contribution in [0.5, 0.6) is 0 Å². The molecule has 0 saturated carbocycles. The van der Waals surface area contributed by atoms with Crippen molar-refractivity contribution in [3.8, 4) is 0 Å². The molecule has 22 heavy (non-hydrogen) atoms. The van der Waals surface area contributed by atoms with Crippen molar-refractivity contribution in [1.29, 1.82) is 0 Å². The van der Waals surface area contributed by atoms with Crippen LogP contribution in [0.4, 0.5) is 0 Å². The molecule has 1 aromatic heterocycles. The molecule has 1 aliphatic heterocycles. The summed E-state index contributed by atoms with van der Waals surface area (Å²) < 4.78 is 2.01. The van der Waals surface area contributed by atoms with E-state index in [1.54, 1.807) is 29.6 Å². The van der Waals surface area contributed by atoms with Crippen molar-refractivity contribution in [3.63, 3.8) is 0 Å². The molecule has 1 aliphatic rings. The van der Waals surface area contributed by atoms with Crippen LogP contribution in [0.3, 0.4) is 0 Å². The van der Waals surface area contributed by atoms with Crippen LogP contribution >= 0.6 is 23.2 Å². The van der Waals surface area contributed by atoms with E-state index in [0.717, 1.165) is 5.56 Å². The molecule has 0 radical (unpaired) electrons. The fraction of sp³-hybridized carbons (Fsp3) is 0.333. The van der Waals surface area contributed by atoms with Gasteiger partial charge in [0.15, 0.2) is 0 Å². The van der Waals surface area contributed by atoms with Gasteiger partial charge in [-0.1, -0.05) is 29.3 Å². The number of halogens is 2. The highest BCUT2D eigenvalue weighted by molar-refractivity contribution is 6.35. The Hall–Kier alpha value is -1.56. The maximum Gasteiger partial charge on any atom is 0.239 e. The van der Waals surface area contributed by atoms with Gasteiger partial charge >= 0.3 is 0 Å². The molecule has 3 rings (SSSR count). The predicted octanol–water partition coefficient (Wildman–Crippen LogP) is 2.14. The molecule has 2 heterocycles. The summed E-state index contributed by atoms with van der Waals surface area (Å²) in [5.41, 5.74) is 6.86. The number of hydrogen-bond donors (Lipinski definition) is 1. The van der Waals surface area contributed by atoms with Gasteiger partial charge in [-0.3, -0.25) is 4.79 Å². The zero-order valence-corrected chi connectivity index (χ0v) is 13.3. The summed E-state index contributed by atoms with van der Waals surface area (Å²) in [5, 5.41) is 1.11. The lowest BCUT2D eigenvalue weighted by atomic mass is 10.0. The summed E-state index contributed by atoms with van der Waals surface area (Å²) in [5.74, 6) is -0.0534. The maximum atomic E-state index is 12.3. The minimum Gasteiger partial charge on any atom is -0.337 e. The first-order valence-electron chi connectivity index (χ1n) is 7.00. The number of carbonyl (C=O) groups excluding carboxylic acids is 1. The summed E-state index contributed by atoms with van der Waals surface area (Å²) in [6.45, 7) is 1.33. The second kappa shape index (κ2) is 6.28. The maximum absolute atomic E-state index is 12.3. The van der Waals surface area contributed by atoms with Crippen LogP contribution in [0.15, 0.2) is 36.9 Å². The van der Waals surface area contributed by atoms with Crippen LogP contribution < -0.4 is 5.73 Å². The Morgan fingerprint density at radius 2 is 2.18 bits per heavy atom. The Balaban J connectivity index is 1.57. The highest BCUT2D eigenvalue weighted by Gasteiger charge is 2.34. The van der Waals surface area contributed by atoms with E-state index in [9.17, 15) is 4.79 Å². The number of nitrogens with two attached hydrogens (primary N) is 1. The van der Waals surface area contributed by atoms with E-state index >= 15 is 0 Å². The minimum absolute atomic E-state index is 0.0534. The van der Waals surface area contributed by atoms with Crippen molar-refractivity contribution >= 4 is 29.1 Å². The molecule has 1 fully saturated rings. The molecule has 7 heteroatoms. The first kappa shape index (κ1) is 15.3. The molecule has 1 saturated heterocycles.